The Morgan fingerprint density at radius 3 is 2.83 bits per heavy atom. The van der Waals surface area contributed by atoms with E-state index in [0.29, 0.717) is 12.1 Å². The van der Waals surface area contributed by atoms with Crippen LogP contribution in [0.4, 0.5) is 4.39 Å². The Bertz CT molecular complexity index is 622. The van der Waals surface area contributed by atoms with Crippen LogP contribution in [0.5, 0.6) is 0 Å². The second kappa shape index (κ2) is 9.92. The molecule has 1 amide bonds. The van der Waals surface area contributed by atoms with E-state index in [9.17, 15) is 9.18 Å². The molecule has 0 aliphatic carbocycles. The third-order valence-corrected chi connectivity index (χ3v) is 3.31. The monoisotopic (exact) mass is 337 g/mol. The molecule has 0 saturated heterocycles. The first kappa shape index (κ1) is 19.1. The number of rotatable bonds is 7. The highest BCUT2D eigenvalue weighted by Gasteiger charge is 2.09. The number of aromatic nitrogens is 1. The van der Waals surface area contributed by atoms with Crippen molar-refractivity contribution in [3.05, 3.63) is 65.2 Å². The molecule has 0 spiro atoms. The van der Waals surface area contributed by atoms with Gasteiger partial charge in [0, 0.05) is 31.0 Å². The highest BCUT2D eigenvalue weighted by Crippen LogP contribution is 2.09. The number of amides is 1. The summed E-state index contributed by atoms with van der Waals surface area (Å²) in [4.78, 5) is 16.0. The van der Waals surface area contributed by atoms with Gasteiger partial charge in [-0.1, -0.05) is 12.1 Å². The minimum Gasteiger partial charge on any atom is -0.352 e. The van der Waals surface area contributed by atoms with Crippen molar-refractivity contribution in [3.8, 4) is 0 Å². The molecular weight excluding hydrogens is 317 g/mol. The normalized spacial score (nSPS) is 10.0. The first-order valence-electron chi connectivity index (χ1n) is 7.31. The number of hydrogen-bond acceptors (Lipinski definition) is 3. The molecule has 1 aromatic heterocycles. The number of pyridine rings is 1. The first-order chi connectivity index (χ1) is 10.7. The maximum Gasteiger partial charge on any atom is 0.251 e. The van der Waals surface area contributed by atoms with E-state index in [-0.39, 0.29) is 18.3 Å². The van der Waals surface area contributed by atoms with Gasteiger partial charge in [0.15, 0.2) is 0 Å². The van der Waals surface area contributed by atoms with E-state index in [1.54, 1.807) is 19.2 Å². The molecule has 2 N–H and O–H groups in total. The standard InChI is InChI=1S/C17H20FN3O.ClH/c1-13-5-6-15(18)10-16(13)17(22)21-9-3-8-20-12-14-4-2-7-19-11-14;/h2,4-7,10-11,20H,3,8-9,12H2,1H3,(H,21,22);1H. The second-order valence-electron chi connectivity index (χ2n) is 5.11. The van der Waals surface area contributed by atoms with E-state index in [1.165, 1.54) is 12.1 Å². The van der Waals surface area contributed by atoms with Gasteiger partial charge in [0.05, 0.1) is 0 Å². The molecule has 0 saturated carbocycles. The molecule has 1 heterocycles. The smallest absolute Gasteiger partial charge is 0.251 e. The molecule has 4 nitrogen and oxygen atoms in total. The van der Waals surface area contributed by atoms with Crippen LogP contribution < -0.4 is 10.6 Å². The summed E-state index contributed by atoms with van der Waals surface area (Å²) >= 11 is 0. The molecule has 0 unspecified atom stereocenters. The van der Waals surface area contributed by atoms with Gasteiger partial charge in [0.1, 0.15) is 5.82 Å². The molecule has 0 radical (unpaired) electrons. The van der Waals surface area contributed by atoms with E-state index < -0.39 is 5.82 Å². The number of benzene rings is 1. The zero-order valence-electron chi connectivity index (χ0n) is 13.0. The summed E-state index contributed by atoms with van der Waals surface area (Å²) in [5.74, 6) is -0.627. The van der Waals surface area contributed by atoms with Gasteiger partial charge in [-0.05, 0) is 49.2 Å². The quantitative estimate of drug-likeness (QED) is 0.764. The topological polar surface area (TPSA) is 54.0 Å². The fourth-order valence-electron chi connectivity index (χ4n) is 2.08. The first-order valence-corrected chi connectivity index (χ1v) is 7.31. The molecule has 23 heavy (non-hydrogen) atoms. The molecule has 0 fully saturated rings. The van der Waals surface area contributed by atoms with Gasteiger partial charge < -0.3 is 10.6 Å². The lowest BCUT2D eigenvalue weighted by atomic mass is 10.1. The lowest BCUT2D eigenvalue weighted by Gasteiger charge is -2.08. The summed E-state index contributed by atoms with van der Waals surface area (Å²) in [6.45, 7) is 3.89. The summed E-state index contributed by atoms with van der Waals surface area (Å²) in [5, 5.41) is 6.09. The summed E-state index contributed by atoms with van der Waals surface area (Å²) in [6.07, 6.45) is 4.37. The van der Waals surface area contributed by atoms with Crippen molar-refractivity contribution in [2.45, 2.75) is 19.9 Å². The number of carbonyl (C=O) groups excluding carboxylic acids is 1. The van der Waals surface area contributed by atoms with Gasteiger partial charge in [-0.3, -0.25) is 9.78 Å². The number of hydrogen-bond donors (Lipinski definition) is 2. The summed E-state index contributed by atoms with van der Waals surface area (Å²) in [5.41, 5.74) is 2.29. The minimum atomic E-state index is -0.395. The van der Waals surface area contributed by atoms with Crippen LogP contribution in [0.15, 0.2) is 42.7 Å². The van der Waals surface area contributed by atoms with Crippen LogP contribution in [0, 0.1) is 12.7 Å². The van der Waals surface area contributed by atoms with E-state index in [4.69, 9.17) is 0 Å². The Morgan fingerprint density at radius 1 is 1.26 bits per heavy atom. The molecule has 124 valence electrons. The zero-order chi connectivity index (χ0) is 15.8. The van der Waals surface area contributed by atoms with Crippen LogP contribution in [0.1, 0.15) is 27.9 Å². The molecule has 0 bridgehead atoms. The maximum atomic E-state index is 13.2. The second-order valence-corrected chi connectivity index (χ2v) is 5.11. The largest absolute Gasteiger partial charge is 0.352 e. The molecule has 0 aliphatic heterocycles. The Balaban J connectivity index is 0.00000264. The van der Waals surface area contributed by atoms with E-state index >= 15 is 0 Å². The number of carbonyl (C=O) groups is 1. The van der Waals surface area contributed by atoms with Crippen LogP contribution in [0.3, 0.4) is 0 Å². The van der Waals surface area contributed by atoms with Crippen LogP contribution in [0.2, 0.25) is 0 Å². The van der Waals surface area contributed by atoms with Crippen molar-refractivity contribution < 1.29 is 9.18 Å². The van der Waals surface area contributed by atoms with Gasteiger partial charge >= 0.3 is 0 Å². The molecule has 0 aliphatic rings. The molecule has 6 heteroatoms. The third kappa shape index (κ3) is 6.34. The lowest BCUT2D eigenvalue weighted by molar-refractivity contribution is 0.0952. The Labute approximate surface area is 141 Å². The van der Waals surface area contributed by atoms with E-state index in [1.807, 2.05) is 18.3 Å². The van der Waals surface area contributed by atoms with Crippen LogP contribution in [-0.2, 0) is 6.54 Å². The predicted octanol–water partition coefficient (Wildman–Crippen LogP) is 2.86. The molecule has 2 aromatic rings. The van der Waals surface area contributed by atoms with E-state index in [0.717, 1.165) is 30.6 Å². The van der Waals surface area contributed by atoms with Gasteiger partial charge in [0.25, 0.3) is 5.91 Å². The van der Waals surface area contributed by atoms with Crippen molar-refractivity contribution in [3.63, 3.8) is 0 Å². The van der Waals surface area contributed by atoms with Crippen LogP contribution in [0.25, 0.3) is 0 Å². The fraction of sp³-hybridized carbons (Fsp3) is 0.294. The number of aryl methyl sites for hydroxylation is 1. The average molecular weight is 338 g/mol. The van der Waals surface area contributed by atoms with E-state index in [2.05, 4.69) is 15.6 Å². The van der Waals surface area contributed by atoms with Crippen LogP contribution >= 0.6 is 12.4 Å². The predicted molar refractivity (Wildman–Crippen MR) is 91.3 cm³/mol. The Hall–Kier alpha value is -1.98. The molecule has 1 aromatic carbocycles. The van der Waals surface area contributed by atoms with Crippen molar-refractivity contribution in [1.82, 2.24) is 15.6 Å². The summed E-state index contributed by atoms with van der Waals surface area (Å²) < 4.78 is 13.2. The maximum absolute atomic E-state index is 13.2. The number of nitrogens with one attached hydrogen (secondary N) is 2. The Morgan fingerprint density at radius 2 is 2.09 bits per heavy atom. The SMILES string of the molecule is Cc1ccc(F)cc1C(=O)NCCCNCc1cccnc1.Cl. The molecule has 0 atom stereocenters. The van der Waals surface area contributed by atoms with Crippen molar-refractivity contribution in [1.29, 1.82) is 0 Å². The van der Waals surface area contributed by atoms with Gasteiger partial charge in [-0.25, -0.2) is 4.39 Å². The van der Waals surface area contributed by atoms with Crippen molar-refractivity contribution >= 4 is 18.3 Å². The molecule has 2 rings (SSSR count). The zero-order valence-corrected chi connectivity index (χ0v) is 13.8. The van der Waals surface area contributed by atoms with Crippen molar-refractivity contribution in [2.24, 2.45) is 0 Å². The van der Waals surface area contributed by atoms with Gasteiger partial charge in [-0.2, -0.15) is 0 Å². The number of nitrogens with zero attached hydrogens (tertiary/aromatic N) is 1. The average Bonchev–Trinajstić information content (AvgIpc) is 2.54. The third-order valence-electron chi connectivity index (χ3n) is 3.31. The fourth-order valence-corrected chi connectivity index (χ4v) is 2.08. The summed E-state index contributed by atoms with van der Waals surface area (Å²) in [6, 6.07) is 8.15. The highest BCUT2D eigenvalue weighted by atomic mass is 35.5. The Kier molecular flexibility index (Phi) is 8.22. The van der Waals surface area contributed by atoms with Crippen molar-refractivity contribution in [2.75, 3.05) is 13.1 Å². The van der Waals surface area contributed by atoms with Gasteiger partial charge in [-0.15, -0.1) is 12.4 Å². The van der Waals surface area contributed by atoms with Crippen LogP contribution in [-0.4, -0.2) is 24.0 Å². The van der Waals surface area contributed by atoms with Gasteiger partial charge in [0.2, 0.25) is 0 Å². The minimum absolute atomic E-state index is 0. The summed E-state index contributed by atoms with van der Waals surface area (Å²) in [7, 11) is 0. The molecular formula is C17H21ClFN3O. The highest BCUT2D eigenvalue weighted by molar-refractivity contribution is 5.95. The number of halogens is 2. The lowest BCUT2D eigenvalue weighted by Crippen LogP contribution is -2.27.